The third-order valence-electron chi connectivity index (χ3n) is 9.16. The van der Waals surface area contributed by atoms with Crippen molar-refractivity contribution in [1.29, 1.82) is 0 Å². The van der Waals surface area contributed by atoms with Crippen LogP contribution in [-0.4, -0.2) is 43.4 Å². The summed E-state index contributed by atoms with van der Waals surface area (Å²) in [6.45, 7) is 7.75. The fourth-order valence-electron chi connectivity index (χ4n) is 6.23. The molecule has 0 heterocycles. The molecule has 0 aliphatic carbocycles. The van der Waals surface area contributed by atoms with Gasteiger partial charge in [0.05, 0.1) is 0 Å². The summed E-state index contributed by atoms with van der Waals surface area (Å²) in [5.41, 5.74) is 0. The standard InChI is InChI=1S/C39H77NO3/c1-6-9-12-14-15-16-20-24-30-38(43-39(42)32-26-35-40(4)5)31-25-21-18-17-19-23-29-37(41)34-33-36(27-11-8-3)28-22-13-10-7-2/h36,38H,6-35H2,1-5H3. The highest BCUT2D eigenvalue weighted by Crippen LogP contribution is 2.23. The number of Topliss-reactive ketones (excluding diaryl/α,β-unsaturated/α-hetero) is 1. The molecule has 0 aromatic rings. The van der Waals surface area contributed by atoms with Crippen LogP contribution in [0.5, 0.6) is 0 Å². The van der Waals surface area contributed by atoms with Crippen LogP contribution < -0.4 is 0 Å². The molecule has 0 N–H and O–H groups in total. The number of ether oxygens (including phenoxy) is 1. The average Bonchev–Trinajstić information content (AvgIpc) is 2.98. The number of rotatable bonds is 34. The second-order valence-electron chi connectivity index (χ2n) is 13.9. The van der Waals surface area contributed by atoms with Gasteiger partial charge in [0.25, 0.3) is 0 Å². The largest absolute Gasteiger partial charge is 0.462 e. The van der Waals surface area contributed by atoms with Gasteiger partial charge in [-0.15, -0.1) is 0 Å². The first-order chi connectivity index (χ1) is 20.9. The van der Waals surface area contributed by atoms with E-state index >= 15 is 0 Å². The highest BCUT2D eigenvalue weighted by molar-refractivity contribution is 5.78. The van der Waals surface area contributed by atoms with E-state index in [0.717, 1.165) is 63.8 Å². The SMILES string of the molecule is CCCCCCCCCCC(CCCCCCCCC(=O)CCC(CCCC)CCCCCC)OC(=O)CCCN(C)C. The quantitative estimate of drug-likeness (QED) is 0.0539. The maximum atomic E-state index is 12.5. The number of ketones is 1. The van der Waals surface area contributed by atoms with E-state index in [4.69, 9.17) is 4.74 Å². The van der Waals surface area contributed by atoms with Crippen molar-refractivity contribution in [2.24, 2.45) is 5.92 Å². The Bertz CT molecular complexity index is 605. The highest BCUT2D eigenvalue weighted by Gasteiger charge is 2.15. The van der Waals surface area contributed by atoms with E-state index in [2.05, 4.69) is 39.8 Å². The molecular formula is C39H77NO3. The van der Waals surface area contributed by atoms with Crippen molar-refractivity contribution in [3.05, 3.63) is 0 Å². The van der Waals surface area contributed by atoms with Crippen LogP contribution in [0.25, 0.3) is 0 Å². The van der Waals surface area contributed by atoms with Crippen LogP contribution in [0, 0.1) is 5.92 Å². The molecule has 0 bridgehead atoms. The van der Waals surface area contributed by atoms with Gasteiger partial charge in [0.1, 0.15) is 11.9 Å². The molecule has 0 amide bonds. The first kappa shape index (κ1) is 42.1. The molecule has 2 atom stereocenters. The lowest BCUT2D eigenvalue weighted by molar-refractivity contribution is -0.150. The average molecular weight is 608 g/mol. The van der Waals surface area contributed by atoms with Crippen molar-refractivity contribution in [2.75, 3.05) is 20.6 Å². The summed E-state index contributed by atoms with van der Waals surface area (Å²) in [5, 5.41) is 0. The maximum Gasteiger partial charge on any atom is 0.306 e. The molecule has 0 radical (unpaired) electrons. The van der Waals surface area contributed by atoms with Gasteiger partial charge in [0, 0.05) is 19.3 Å². The molecule has 4 heteroatoms. The topological polar surface area (TPSA) is 46.6 Å². The monoisotopic (exact) mass is 608 g/mol. The fourth-order valence-corrected chi connectivity index (χ4v) is 6.23. The number of carbonyl (C=O) groups is 2. The molecule has 0 aromatic heterocycles. The zero-order chi connectivity index (χ0) is 31.8. The summed E-state index contributed by atoms with van der Waals surface area (Å²) in [6.07, 6.45) is 34.3. The van der Waals surface area contributed by atoms with Gasteiger partial charge in [-0.1, -0.05) is 143 Å². The van der Waals surface area contributed by atoms with E-state index in [0.29, 0.717) is 12.2 Å². The Labute approximate surface area is 270 Å². The third-order valence-corrected chi connectivity index (χ3v) is 9.16. The van der Waals surface area contributed by atoms with Gasteiger partial charge in [-0.3, -0.25) is 9.59 Å². The van der Waals surface area contributed by atoms with Crippen molar-refractivity contribution in [3.8, 4) is 0 Å². The Balaban J connectivity index is 4.14. The minimum atomic E-state index is -0.00994. The maximum absolute atomic E-state index is 12.5. The van der Waals surface area contributed by atoms with Crippen molar-refractivity contribution >= 4 is 11.8 Å². The van der Waals surface area contributed by atoms with Crippen LogP contribution in [0.4, 0.5) is 0 Å². The lowest BCUT2D eigenvalue weighted by atomic mass is 9.90. The Kier molecular flexibility index (Phi) is 31.8. The van der Waals surface area contributed by atoms with Crippen molar-refractivity contribution < 1.29 is 14.3 Å². The molecule has 0 saturated carbocycles. The normalized spacial score (nSPS) is 13.0. The number of carbonyl (C=O) groups excluding carboxylic acids is 2. The van der Waals surface area contributed by atoms with Crippen molar-refractivity contribution in [1.82, 2.24) is 4.90 Å². The van der Waals surface area contributed by atoms with E-state index in [9.17, 15) is 9.59 Å². The van der Waals surface area contributed by atoms with Crippen LogP contribution in [0.15, 0.2) is 0 Å². The van der Waals surface area contributed by atoms with E-state index in [1.54, 1.807) is 0 Å². The molecule has 0 rings (SSSR count). The fraction of sp³-hybridized carbons (Fsp3) is 0.949. The lowest BCUT2D eigenvalue weighted by Gasteiger charge is -2.18. The van der Waals surface area contributed by atoms with Crippen LogP contribution in [0.1, 0.15) is 207 Å². The smallest absolute Gasteiger partial charge is 0.306 e. The molecule has 0 aliphatic rings. The van der Waals surface area contributed by atoms with Crippen LogP contribution in [0.2, 0.25) is 0 Å². The van der Waals surface area contributed by atoms with Gasteiger partial charge in [-0.2, -0.15) is 0 Å². The predicted octanol–water partition coefficient (Wildman–Crippen LogP) is 12.0. The summed E-state index contributed by atoms with van der Waals surface area (Å²) >= 11 is 0. The molecule has 43 heavy (non-hydrogen) atoms. The molecule has 2 unspecified atom stereocenters. The molecule has 0 aliphatic heterocycles. The zero-order valence-corrected chi connectivity index (χ0v) is 30.0. The van der Waals surface area contributed by atoms with Crippen molar-refractivity contribution in [2.45, 2.75) is 213 Å². The first-order valence-corrected chi connectivity index (χ1v) is 19.3. The molecular weight excluding hydrogens is 530 g/mol. The minimum absolute atomic E-state index is 0.00994. The second kappa shape index (κ2) is 32.5. The van der Waals surface area contributed by atoms with Gasteiger partial charge in [-0.25, -0.2) is 0 Å². The summed E-state index contributed by atoms with van der Waals surface area (Å²) in [7, 11) is 4.10. The predicted molar refractivity (Wildman–Crippen MR) is 188 cm³/mol. The van der Waals surface area contributed by atoms with Crippen molar-refractivity contribution in [3.63, 3.8) is 0 Å². The van der Waals surface area contributed by atoms with E-state index in [1.807, 2.05) is 0 Å². The van der Waals surface area contributed by atoms with Gasteiger partial charge in [0.15, 0.2) is 0 Å². The lowest BCUT2D eigenvalue weighted by Crippen LogP contribution is -2.20. The van der Waals surface area contributed by atoms with Crippen LogP contribution >= 0.6 is 0 Å². The number of hydrogen-bond donors (Lipinski definition) is 0. The third kappa shape index (κ3) is 30.9. The number of nitrogens with zero attached hydrogens (tertiary/aromatic N) is 1. The van der Waals surface area contributed by atoms with E-state index in [-0.39, 0.29) is 12.1 Å². The van der Waals surface area contributed by atoms with E-state index < -0.39 is 0 Å². The Morgan fingerprint density at radius 2 is 0.953 bits per heavy atom. The zero-order valence-electron chi connectivity index (χ0n) is 30.0. The molecule has 4 nitrogen and oxygen atoms in total. The van der Waals surface area contributed by atoms with Gasteiger partial charge >= 0.3 is 5.97 Å². The second-order valence-corrected chi connectivity index (χ2v) is 13.9. The number of hydrogen-bond acceptors (Lipinski definition) is 4. The van der Waals surface area contributed by atoms with Gasteiger partial charge in [0.2, 0.25) is 0 Å². The molecule has 0 spiro atoms. The van der Waals surface area contributed by atoms with Crippen LogP contribution in [-0.2, 0) is 14.3 Å². The number of esters is 1. The Morgan fingerprint density at radius 3 is 1.51 bits per heavy atom. The van der Waals surface area contributed by atoms with Gasteiger partial charge < -0.3 is 9.64 Å². The van der Waals surface area contributed by atoms with E-state index in [1.165, 1.54) is 128 Å². The van der Waals surface area contributed by atoms with Crippen LogP contribution in [0.3, 0.4) is 0 Å². The molecule has 0 aromatic carbocycles. The van der Waals surface area contributed by atoms with Gasteiger partial charge in [-0.05, 0) is 71.5 Å². The highest BCUT2D eigenvalue weighted by atomic mass is 16.5. The Morgan fingerprint density at radius 1 is 0.488 bits per heavy atom. The summed E-state index contributed by atoms with van der Waals surface area (Å²) < 4.78 is 5.96. The number of unbranched alkanes of at least 4 members (excludes halogenated alkanes) is 16. The molecule has 0 fully saturated rings. The Hall–Kier alpha value is -0.900. The summed E-state index contributed by atoms with van der Waals surface area (Å²) in [5.74, 6) is 1.24. The minimum Gasteiger partial charge on any atom is -0.462 e. The molecule has 0 saturated heterocycles. The first-order valence-electron chi connectivity index (χ1n) is 19.3. The summed E-state index contributed by atoms with van der Waals surface area (Å²) in [4.78, 5) is 27.1. The molecule has 256 valence electrons. The summed E-state index contributed by atoms with van der Waals surface area (Å²) in [6, 6.07) is 0.